The van der Waals surface area contributed by atoms with Crippen molar-refractivity contribution in [1.82, 2.24) is 19.5 Å². The number of anilines is 1. The van der Waals surface area contributed by atoms with E-state index in [1.807, 2.05) is 0 Å². The fourth-order valence-electron chi connectivity index (χ4n) is 2.97. The minimum atomic E-state index is -1.38. The van der Waals surface area contributed by atoms with Gasteiger partial charge in [-0.1, -0.05) is 6.08 Å². The van der Waals surface area contributed by atoms with Gasteiger partial charge in [0.05, 0.1) is 18.0 Å². The Morgan fingerprint density at radius 1 is 1.43 bits per heavy atom. The summed E-state index contributed by atoms with van der Waals surface area (Å²) in [6.45, 7) is 3.94. The van der Waals surface area contributed by atoms with E-state index in [0.717, 1.165) is 0 Å². The highest BCUT2D eigenvalue weighted by molar-refractivity contribution is 5.81. The molecule has 124 valence electrons. The van der Waals surface area contributed by atoms with Crippen LogP contribution in [0.1, 0.15) is 12.5 Å². The largest absolute Gasteiger partial charge is 0.388 e. The highest BCUT2D eigenvalue weighted by Gasteiger charge is 2.59. The number of aliphatic hydroxyl groups excluding tert-OH is 2. The molecule has 1 aliphatic rings. The summed E-state index contributed by atoms with van der Waals surface area (Å²) in [4.78, 5) is 12.1. The number of aliphatic hydroxyl groups is 3. The topological polar surface area (TPSA) is 156 Å². The zero-order chi connectivity index (χ0) is 16.8. The average molecular weight is 320 g/mol. The van der Waals surface area contributed by atoms with Crippen LogP contribution in [-0.2, 0) is 0 Å². The Morgan fingerprint density at radius 3 is 2.78 bits per heavy atom. The summed E-state index contributed by atoms with van der Waals surface area (Å²) >= 11 is 0. The van der Waals surface area contributed by atoms with Crippen LogP contribution in [0.4, 0.5) is 5.82 Å². The zero-order valence-electron chi connectivity index (χ0n) is 12.4. The molecule has 2 aromatic rings. The quantitative estimate of drug-likeness (QED) is 0.405. The van der Waals surface area contributed by atoms with Crippen LogP contribution >= 0.6 is 0 Å². The Morgan fingerprint density at radius 2 is 2.17 bits per heavy atom. The second-order valence-corrected chi connectivity index (χ2v) is 5.87. The van der Waals surface area contributed by atoms with E-state index in [-0.39, 0.29) is 18.3 Å². The first kappa shape index (κ1) is 15.8. The van der Waals surface area contributed by atoms with Gasteiger partial charge in [-0.2, -0.15) is 0 Å². The van der Waals surface area contributed by atoms with Crippen molar-refractivity contribution in [1.29, 1.82) is 0 Å². The van der Waals surface area contributed by atoms with Gasteiger partial charge in [0.2, 0.25) is 0 Å². The molecule has 23 heavy (non-hydrogen) atoms. The van der Waals surface area contributed by atoms with Crippen LogP contribution in [0.25, 0.3) is 11.2 Å². The molecular formula is C14H20N6O3. The van der Waals surface area contributed by atoms with Gasteiger partial charge >= 0.3 is 0 Å². The molecule has 0 aromatic carbocycles. The molecule has 1 aliphatic carbocycles. The Balaban J connectivity index is 1.93. The predicted molar refractivity (Wildman–Crippen MR) is 83.1 cm³/mol. The maximum Gasteiger partial charge on any atom is 0.166 e. The van der Waals surface area contributed by atoms with Gasteiger partial charge in [-0.3, -0.25) is 0 Å². The highest BCUT2D eigenvalue weighted by Crippen LogP contribution is 2.47. The fourth-order valence-corrected chi connectivity index (χ4v) is 2.97. The number of imidazole rings is 1. The van der Waals surface area contributed by atoms with Crippen molar-refractivity contribution in [2.75, 3.05) is 12.3 Å². The first-order chi connectivity index (χ1) is 10.9. The van der Waals surface area contributed by atoms with E-state index in [0.29, 0.717) is 17.6 Å². The molecule has 0 bridgehead atoms. The predicted octanol–water partition coefficient (Wildman–Crippen LogP) is -1.43. The maximum atomic E-state index is 10.5. The minimum Gasteiger partial charge on any atom is -0.388 e. The van der Waals surface area contributed by atoms with Gasteiger partial charge in [0.15, 0.2) is 11.5 Å². The number of rotatable bonds is 6. The summed E-state index contributed by atoms with van der Waals surface area (Å²) in [5.74, 6) is -0.00858. The number of fused-ring (bicyclic) bond motifs is 1. The second-order valence-electron chi connectivity index (χ2n) is 5.87. The van der Waals surface area contributed by atoms with Crippen molar-refractivity contribution in [3.05, 3.63) is 25.3 Å². The molecule has 5 atom stereocenters. The third kappa shape index (κ3) is 2.38. The van der Waals surface area contributed by atoms with Crippen LogP contribution < -0.4 is 11.5 Å². The van der Waals surface area contributed by atoms with E-state index in [9.17, 15) is 15.3 Å². The van der Waals surface area contributed by atoms with E-state index in [1.54, 1.807) is 0 Å². The third-order valence-corrected chi connectivity index (χ3v) is 4.54. The van der Waals surface area contributed by atoms with Gasteiger partial charge in [0.25, 0.3) is 0 Å². The molecule has 2 aromatic heterocycles. The Bertz CT molecular complexity index is 734. The molecule has 3 rings (SSSR count). The molecule has 1 saturated carbocycles. The molecule has 0 spiro atoms. The molecule has 9 nitrogen and oxygen atoms in total. The van der Waals surface area contributed by atoms with Gasteiger partial charge in [0, 0.05) is 5.92 Å². The van der Waals surface area contributed by atoms with Gasteiger partial charge < -0.3 is 31.4 Å². The maximum absolute atomic E-state index is 10.5. The molecule has 0 amide bonds. The normalized spacial score (nSPS) is 27.6. The summed E-state index contributed by atoms with van der Waals surface area (Å²) < 4.78 is 1.54. The summed E-state index contributed by atoms with van der Waals surface area (Å²) in [6.07, 6.45) is 1.87. The lowest BCUT2D eigenvalue weighted by atomic mass is 9.97. The molecule has 9 heteroatoms. The minimum absolute atomic E-state index is 0.218. The number of nitrogens with zero attached hydrogens (tertiary/aromatic N) is 4. The summed E-state index contributed by atoms with van der Waals surface area (Å²) in [7, 11) is 0. The number of hydrogen-bond acceptors (Lipinski definition) is 8. The van der Waals surface area contributed by atoms with Crippen LogP contribution in [0.3, 0.4) is 0 Å². The summed E-state index contributed by atoms with van der Waals surface area (Å²) in [5, 5.41) is 31.2. The van der Waals surface area contributed by atoms with Crippen molar-refractivity contribution in [2.24, 2.45) is 11.7 Å². The molecule has 2 heterocycles. The number of nitrogens with two attached hydrogens (primary N) is 2. The Labute approximate surface area is 132 Å². The average Bonchev–Trinajstić information content (AvgIpc) is 3.04. The van der Waals surface area contributed by atoms with Crippen molar-refractivity contribution in [3.63, 3.8) is 0 Å². The monoisotopic (exact) mass is 320 g/mol. The third-order valence-electron chi connectivity index (χ3n) is 4.54. The molecule has 0 radical (unpaired) electrons. The first-order valence-electron chi connectivity index (χ1n) is 7.28. The van der Waals surface area contributed by atoms with E-state index in [4.69, 9.17) is 11.5 Å². The van der Waals surface area contributed by atoms with Crippen molar-refractivity contribution in [3.8, 4) is 0 Å². The summed E-state index contributed by atoms with van der Waals surface area (Å²) in [5.41, 5.74) is 10.7. The van der Waals surface area contributed by atoms with Crippen LogP contribution in [0.5, 0.6) is 0 Å². The summed E-state index contributed by atoms with van der Waals surface area (Å²) in [6, 6.07) is -0.743. The standard InChI is InChI=1S/C14H20N6O3/c1-2-8(10(21)11(22)14(23)3-7(14)4-15)20-6-19-9-12(16)17-5-18-13(9)20/h2,5-8,10-11,21-23H,1,3-4,15H2,(H2,16,17,18)/t7-,8?,10?,11?,14+/m1/s1. The van der Waals surface area contributed by atoms with Gasteiger partial charge in [-0.25, -0.2) is 15.0 Å². The highest BCUT2D eigenvalue weighted by atomic mass is 16.4. The second kappa shape index (κ2) is 5.53. The smallest absolute Gasteiger partial charge is 0.166 e. The lowest BCUT2D eigenvalue weighted by molar-refractivity contribution is -0.0900. The van der Waals surface area contributed by atoms with Crippen LogP contribution in [0.2, 0.25) is 0 Å². The fraction of sp³-hybridized carbons (Fsp3) is 0.500. The van der Waals surface area contributed by atoms with E-state index >= 15 is 0 Å². The van der Waals surface area contributed by atoms with Crippen LogP contribution in [0, 0.1) is 5.92 Å². The zero-order valence-corrected chi connectivity index (χ0v) is 12.4. The molecule has 3 unspecified atom stereocenters. The van der Waals surface area contributed by atoms with Gasteiger partial charge in [-0.15, -0.1) is 6.58 Å². The van der Waals surface area contributed by atoms with Crippen molar-refractivity contribution >= 4 is 17.0 Å². The number of nitrogen functional groups attached to an aromatic ring is 1. The Kier molecular flexibility index (Phi) is 3.80. The number of hydrogen-bond donors (Lipinski definition) is 5. The molecule has 7 N–H and O–H groups in total. The van der Waals surface area contributed by atoms with Gasteiger partial charge in [-0.05, 0) is 13.0 Å². The van der Waals surface area contributed by atoms with Crippen LogP contribution in [-0.4, -0.2) is 59.2 Å². The van der Waals surface area contributed by atoms with Crippen molar-refractivity contribution in [2.45, 2.75) is 30.3 Å². The lowest BCUT2D eigenvalue weighted by Crippen LogP contribution is -2.45. The Hall–Kier alpha value is -2.07. The molecular weight excluding hydrogens is 300 g/mol. The number of aromatic nitrogens is 4. The molecule has 0 saturated heterocycles. The van der Waals surface area contributed by atoms with Crippen molar-refractivity contribution < 1.29 is 15.3 Å². The molecule has 0 aliphatic heterocycles. The van der Waals surface area contributed by atoms with Gasteiger partial charge in [0.1, 0.15) is 24.1 Å². The first-order valence-corrected chi connectivity index (χ1v) is 7.28. The van der Waals surface area contributed by atoms with E-state index in [2.05, 4.69) is 21.5 Å². The molecule has 1 fully saturated rings. The lowest BCUT2D eigenvalue weighted by Gasteiger charge is -2.29. The van der Waals surface area contributed by atoms with E-state index in [1.165, 1.54) is 23.3 Å². The van der Waals surface area contributed by atoms with Crippen LogP contribution in [0.15, 0.2) is 25.3 Å². The van der Waals surface area contributed by atoms with E-state index < -0.39 is 23.9 Å². The SMILES string of the molecule is C=CC(C(O)C(O)[C@]1(O)C[C@@H]1CN)n1cnc2c(N)ncnc21.